The lowest BCUT2D eigenvalue weighted by molar-refractivity contribution is 0.102. The summed E-state index contributed by atoms with van der Waals surface area (Å²) >= 11 is 0. The third-order valence-corrected chi connectivity index (χ3v) is 4.72. The molecule has 0 aliphatic heterocycles. The Kier molecular flexibility index (Phi) is 4.62. The zero-order valence-electron chi connectivity index (χ0n) is 16.2. The predicted molar refractivity (Wildman–Crippen MR) is 114 cm³/mol. The average Bonchev–Trinajstić information content (AvgIpc) is 2.66. The Hall–Kier alpha value is -3.53. The van der Waals surface area contributed by atoms with Gasteiger partial charge in [0.05, 0.1) is 16.8 Å². The number of amides is 1. The molecule has 0 saturated carbocycles. The van der Waals surface area contributed by atoms with Gasteiger partial charge in [-0.15, -0.1) is 0 Å². The molecule has 0 atom stereocenters. The van der Waals surface area contributed by atoms with Gasteiger partial charge in [0.1, 0.15) is 5.82 Å². The van der Waals surface area contributed by atoms with Gasteiger partial charge in [-0.05, 0) is 56.2 Å². The molecule has 0 radical (unpaired) electrons. The largest absolute Gasteiger partial charge is 0.307 e. The van der Waals surface area contributed by atoms with Crippen molar-refractivity contribution in [2.24, 2.45) is 0 Å². The van der Waals surface area contributed by atoms with Gasteiger partial charge in [-0.3, -0.25) is 4.79 Å². The van der Waals surface area contributed by atoms with Gasteiger partial charge in [-0.25, -0.2) is 9.97 Å². The van der Waals surface area contributed by atoms with Crippen molar-refractivity contribution in [1.29, 1.82) is 0 Å². The van der Waals surface area contributed by atoms with Crippen molar-refractivity contribution in [3.63, 3.8) is 0 Å². The number of carbonyl (C=O) groups excluding carboxylic acids is 1. The number of nitrogens with zero attached hydrogens (tertiary/aromatic N) is 2. The first-order chi connectivity index (χ1) is 13.5. The molecule has 0 bridgehead atoms. The number of nitrogens with one attached hydrogen (secondary N) is 1. The molecule has 0 aliphatic rings. The Balaban J connectivity index is 1.83. The van der Waals surface area contributed by atoms with Crippen LogP contribution in [0.1, 0.15) is 27.2 Å². The minimum atomic E-state index is -0.189. The Labute approximate surface area is 164 Å². The summed E-state index contributed by atoms with van der Waals surface area (Å²) in [4.78, 5) is 22.4. The molecule has 4 rings (SSSR count). The van der Waals surface area contributed by atoms with E-state index >= 15 is 0 Å². The Morgan fingerprint density at radius 1 is 0.857 bits per heavy atom. The van der Waals surface area contributed by atoms with Gasteiger partial charge in [0.25, 0.3) is 5.91 Å². The van der Waals surface area contributed by atoms with Crippen LogP contribution in [0.25, 0.3) is 22.2 Å². The molecule has 0 fully saturated rings. The molecular formula is C24H21N3O. The highest BCUT2D eigenvalue weighted by molar-refractivity contribution is 6.12. The van der Waals surface area contributed by atoms with Crippen LogP contribution in [0, 0.1) is 20.8 Å². The second kappa shape index (κ2) is 7.24. The zero-order valence-corrected chi connectivity index (χ0v) is 16.2. The molecule has 4 nitrogen and oxygen atoms in total. The summed E-state index contributed by atoms with van der Waals surface area (Å²) in [5.41, 5.74) is 6.24. The highest BCUT2D eigenvalue weighted by atomic mass is 16.1. The molecule has 0 aliphatic carbocycles. The molecule has 0 spiro atoms. The van der Waals surface area contributed by atoms with Gasteiger partial charge in [0, 0.05) is 16.6 Å². The monoisotopic (exact) mass is 367 g/mol. The number of pyridine rings is 2. The van der Waals surface area contributed by atoms with Crippen molar-refractivity contribution >= 4 is 22.6 Å². The summed E-state index contributed by atoms with van der Waals surface area (Å²) in [6.45, 7) is 5.95. The van der Waals surface area contributed by atoms with Crippen LogP contribution < -0.4 is 5.32 Å². The van der Waals surface area contributed by atoms with Gasteiger partial charge >= 0.3 is 0 Å². The topological polar surface area (TPSA) is 54.9 Å². The van der Waals surface area contributed by atoms with Crippen molar-refractivity contribution in [1.82, 2.24) is 9.97 Å². The fourth-order valence-corrected chi connectivity index (χ4v) is 3.45. The van der Waals surface area contributed by atoms with Crippen LogP contribution in [-0.2, 0) is 0 Å². The smallest absolute Gasteiger partial charge is 0.257 e. The summed E-state index contributed by atoms with van der Waals surface area (Å²) in [5.74, 6) is 0.367. The minimum absolute atomic E-state index is 0.189. The maximum absolute atomic E-state index is 13.1. The van der Waals surface area contributed by atoms with Gasteiger partial charge in [0.15, 0.2) is 0 Å². The number of hydrogen-bond donors (Lipinski definition) is 1. The van der Waals surface area contributed by atoms with Crippen LogP contribution in [0.15, 0.2) is 66.7 Å². The van der Waals surface area contributed by atoms with Crippen LogP contribution in [0.5, 0.6) is 0 Å². The zero-order chi connectivity index (χ0) is 19.7. The van der Waals surface area contributed by atoms with Crippen LogP contribution in [0.2, 0.25) is 0 Å². The number of hydrogen-bond acceptors (Lipinski definition) is 3. The number of benzene rings is 2. The van der Waals surface area contributed by atoms with E-state index in [0.29, 0.717) is 11.4 Å². The molecule has 2 heterocycles. The number of aryl methyl sites for hydroxylation is 3. The second-order valence-corrected chi connectivity index (χ2v) is 7.01. The lowest BCUT2D eigenvalue weighted by Crippen LogP contribution is -2.14. The fraction of sp³-hybridized carbons (Fsp3) is 0.125. The number of anilines is 1. The number of para-hydroxylation sites is 1. The summed E-state index contributed by atoms with van der Waals surface area (Å²) in [6.07, 6.45) is 0. The highest BCUT2D eigenvalue weighted by Crippen LogP contribution is 2.27. The molecule has 1 amide bonds. The van der Waals surface area contributed by atoms with Gasteiger partial charge in [0.2, 0.25) is 0 Å². The maximum Gasteiger partial charge on any atom is 0.257 e. The first-order valence-corrected chi connectivity index (χ1v) is 9.24. The molecule has 0 saturated heterocycles. The second-order valence-electron chi connectivity index (χ2n) is 7.01. The molecule has 0 unspecified atom stereocenters. The van der Waals surface area contributed by atoms with E-state index in [2.05, 4.69) is 10.3 Å². The summed E-state index contributed by atoms with van der Waals surface area (Å²) in [7, 11) is 0. The molecule has 2 aromatic carbocycles. The Bertz CT molecular complexity index is 1180. The van der Waals surface area contributed by atoms with Crippen molar-refractivity contribution in [3.8, 4) is 11.3 Å². The van der Waals surface area contributed by atoms with Crippen LogP contribution in [0.4, 0.5) is 5.82 Å². The number of rotatable bonds is 3. The fourth-order valence-electron chi connectivity index (χ4n) is 3.45. The van der Waals surface area contributed by atoms with E-state index in [1.807, 2.05) is 87.5 Å². The third kappa shape index (κ3) is 3.49. The van der Waals surface area contributed by atoms with Crippen molar-refractivity contribution < 1.29 is 4.79 Å². The van der Waals surface area contributed by atoms with Crippen molar-refractivity contribution in [2.75, 3.05) is 5.32 Å². The number of aromatic nitrogens is 2. The summed E-state index contributed by atoms with van der Waals surface area (Å²) in [5, 5.41) is 3.77. The Morgan fingerprint density at radius 3 is 2.39 bits per heavy atom. The van der Waals surface area contributed by atoms with Crippen LogP contribution in [-0.4, -0.2) is 15.9 Å². The van der Waals surface area contributed by atoms with Crippen molar-refractivity contribution in [2.45, 2.75) is 20.8 Å². The molecule has 1 N–H and O–H groups in total. The molecule has 2 aromatic heterocycles. The van der Waals surface area contributed by atoms with E-state index < -0.39 is 0 Å². The minimum Gasteiger partial charge on any atom is -0.307 e. The lowest BCUT2D eigenvalue weighted by Gasteiger charge is -2.12. The SMILES string of the molecule is Cc1cc(C)nc(NC(=O)c2cc(-c3ccccc3C)nc3ccccc23)c1. The number of carbonyl (C=O) groups is 1. The van der Waals surface area contributed by atoms with Crippen molar-refractivity contribution in [3.05, 3.63) is 89.1 Å². The average molecular weight is 367 g/mol. The van der Waals surface area contributed by atoms with E-state index in [-0.39, 0.29) is 5.91 Å². The predicted octanol–water partition coefficient (Wildman–Crippen LogP) is 5.47. The first-order valence-electron chi connectivity index (χ1n) is 9.24. The normalized spacial score (nSPS) is 10.8. The standard InChI is InChI=1S/C24H21N3O/c1-15-12-17(3)25-23(13-15)27-24(28)20-14-22(18-9-5-4-8-16(18)2)26-21-11-7-6-10-19(20)21/h4-14H,1-3H3,(H,25,27,28). The van der Waals surface area contributed by atoms with E-state index in [4.69, 9.17) is 4.98 Å². The molecule has 138 valence electrons. The van der Waals surface area contributed by atoms with Crippen LogP contribution in [0.3, 0.4) is 0 Å². The van der Waals surface area contributed by atoms with Crippen LogP contribution >= 0.6 is 0 Å². The lowest BCUT2D eigenvalue weighted by atomic mass is 10.0. The summed E-state index contributed by atoms with van der Waals surface area (Å²) in [6, 6.07) is 21.5. The quantitative estimate of drug-likeness (QED) is 0.522. The molecule has 4 aromatic rings. The van der Waals surface area contributed by atoms with E-state index in [1.54, 1.807) is 0 Å². The number of fused-ring (bicyclic) bond motifs is 1. The van der Waals surface area contributed by atoms with E-state index in [0.717, 1.165) is 39.0 Å². The molecule has 4 heteroatoms. The van der Waals surface area contributed by atoms with E-state index in [1.165, 1.54) is 0 Å². The maximum atomic E-state index is 13.1. The van der Waals surface area contributed by atoms with E-state index in [9.17, 15) is 4.79 Å². The molecule has 28 heavy (non-hydrogen) atoms. The molecular weight excluding hydrogens is 346 g/mol. The third-order valence-electron chi connectivity index (χ3n) is 4.72. The van der Waals surface area contributed by atoms with Gasteiger partial charge < -0.3 is 5.32 Å². The van der Waals surface area contributed by atoms with Gasteiger partial charge in [-0.2, -0.15) is 0 Å². The first kappa shape index (κ1) is 17.9. The highest BCUT2D eigenvalue weighted by Gasteiger charge is 2.15. The Morgan fingerprint density at radius 2 is 1.61 bits per heavy atom. The van der Waals surface area contributed by atoms with Gasteiger partial charge in [-0.1, -0.05) is 42.5 Å². The summed E-state index contributed by atoms with van der Waals surface area (Å²) < 4.78 is 0.